The summed E-state index contributed by atoms with van der Waals surface area (Å²) >= 11 is 0. The van der Waals surface area contributed by atoms with Crippen LogP contribution in [0.25, 0.3) is 0 Å². The molecule has 1 heterocycles. The molecule has 2 nitrogen and oxygen atoms in total. The SMILES string of the molecule is CNC(c1cc(C)c(C)cc1C)C1CCNC1. The van der Waals surface area contributed by atoms with Gasteiger partial charge in [-0.15, -0.1) is 0 Å². The van der Waals surface area contributed by atoms with E-state index >= 15 is 0 Å². The fourth-order valence-electron chi connectivity index (χ4n) is 2.92. The lowest BCUT2D eigenvalue weighted by Gasteiger charge is -2.25. The molecule has 2 atom stereocenters. The Morgan fingerprint density at radius 1 is 1.18 bits per heavy atom. The smallest absolute Gasteiger partial charge is 0.0361 e. The maximum atomic E-state index is 3.51. The van der Waals surface area contributed by atoms with Gasteiger partial charge in [-0.25, -0.2) is 0 Å². The second-order valence-corrected chi connectivity index (χ2v) is 5.31. The van der Waals surface area contributed by atoms with E-state index in [4.69, 9.17) is 0 Å². The van der Waals surface area contributed by atoms with Gasteiger partial charge in [-0.1, -0.05) is 12.1 Å². The molecule has 17 heavy (non-hydrogen) atoms. The third kappa shape index (κ3) is 2.53. The molecular formula is C15H24N2. The van der Waals surface area contributed by atoms with Crippen LogP contribution in [0.1, 0.15) is 34.7 Å². The van der Waals surface area contributed by atoms with Gasteiger partial charge in [0, 0.05) is 6.04 Å². The van der Waals surface area contributed by atoms with E-state index in [1.807, 2.05) is 0 Å². The third-order valence-electron chi connectivity index (χ3n) is 4.10. The van der Waals surface area contributed by atoms with Gasteiger partial charge in [-0.3, -0.25) is 0 Å². The Balaban J connectivity index is 2.32. The summed E-state index contributed by atoms with van der Waals surface area (Å²) in [4.78, 5) is 0. The number of nitrogens with one attached hydrogen (secondary N) is 2. The van der Waals surface area contributed by atoms with E-state index < -0.39 is 0 Å². The Bertz CT molecular complexity index is 392. The van der Waals surface area contributed by atoms with Crippen molar-refractivity contribution in [1.29, 1.82) is 0 Å². The molecule has 0 radical (unpaired) electrons. The fraction of sp³-hybridized carbons (Fsp3) is 0.600. The largest absolute Gasteiger partial charge is 0.316 e. The minimum absolute atomic E-state index is 0.490. The predicted molar refractivity (Wildman–Crippen MR) is 73.4 cm³/mol. The summed E-state index contributed by atoms with van der Waals surface area (Å²) in [6, 6.07) is 5.17. The van der Waals surface area contributed by atoms with Gasteiger partial charge in [-0.05, 0) is 75.5 Å². The van der Waals surface area contributed by atoms with E-state index in [9.17, 15) is 0 Å². The minimum atomic E-state index is 0.490. The van der Waals surface area contributed by atoms with Crippen molar-refractivity contribution in [3.8, 4) is 0 Å². The summed E-state index contributed by atoms with van der Waals surface area (Å²) in [7, 11) is 2.08. The Labute approximate surface area is 105 Å². The lowest BCUT2D eigenvalue weighted by Crippen LogP contribution is -2.27. The molecule has 0 aromatic heterocycles. The van der Waals surface area contributed by atoms with E-state index in [1.54, 1.807) is 0 Å². The predicted octanol–water partition coefficient (Wildman–Crippen LogP) is 2.48. The molecule has 1 aromatic rings. The highest BCUT2D eigenvalue weighted by molar-refractivity contribution is 5.38. The Hall–Kier alpha value is -0.860. The van der Waals surface area contributed by atoms with Crippen molar-refractivity contribution in [3.63, 3.8) is 0 Å². The van der Waals surface area contributed by atoms with Crippen LogP contribution < -0.4 is 10.6 Å². The molecule has 1 aliphatic heterocycles. The highest BCUT2D eigenvalue weighted by atomic mass is 15.0. The zero-order chi connectivity index (χ0) is 12.4. The maximum Gasteiger partial charge on any atom is 0.0361 e. The molecular weight excluding hydrogens is 208 g/mol. The van der Waals surface area contributed by atoms with Crippen LogP contribution >= 0.6 is 0 Å². The molecule has 0 saturated carbocycles. The summed E-state index contributed by atoms with van der Waals surface area (Å²) in [6.45, 7) is 8.93. The van der Waals surface area contributed by atoms with Crippen LogP contribution in [-0.2, 0) is 0 Å². The molecule has 2 N–H and O–H groups in total. The van der Waals surface area contributed by atoms with Crippen LogP contribution in [0, 0.1) is 26.7 Å². The molecule has 2 rings (SSSR count). The van der Waals surface area contributed by atoms with Gasteiger partial charge >= 0.3 is 0 Å². The number of benzene rings is 1. The van der Waals surface area contributed by atoms with Crippen molar-refractivity contribution in [2.75, 3.05) is 20.1 Å². The summed E-state index contributed by atoms with van der Waals surface area (Å²) in [5.41, 5.74) is 5.69. The average Bonchev–Trinajstić information content (AvgIpc) is 2.80. The van der Waals surface area contributed by atoms with E-state index in [0.29, 0.717) is 6.04 Å². The average molecular weight is 232 g/mol. The highest BCUT2D eigenvalue weighted by Crippen LogP contribution is 2.30. The first-order chi connectivity index (χ1) is 8.13. The minimum Gasteiger partial charge on any atom is -0.316 e. The van der Waals surface area contributed by atoms with E-state index in [-0.39, 0.29) is 0 Å². The van der Waals surface area contributed by atoms with Gasteiger partial charge in [0.05, 0.1) is 0 Å². The lowest BCUT2D eigenvalue weighted by molar-refractivity contribution is 0.409. The first kappa shape index (κ1) is 12.6. The maximum absolute atomic E-state index is 3.51. The van der Waals surface area contributed by atoms with Crippen molar-refractivity contribution in [1.82, 2.24) is 10.6 Å². The van der Waals surface area contributed by atoms with Crippen LogP contribution in [-0.4, -0.2) is 20.1 Å². The van der Waals surface area contributed by atoms with Crippen molar-refractivity contribution in [3.05, 3.63) is 34.4 Å². The Morgan fingerprint density at radius 2 is 1.88 bits per heavy atom. The lowest BCUT2D eigenvalue weighted by atomic mass is 9.87. The number of hydrogen-bond acceptors (Lipinski definition) is 2. The Kier molecular flexibility index (Phi) is 3.85. The van der Waals surface area contributed by atoms with Crippen LogP contribution in [0.2, 0.25) is 0 Å². The van der Waals surface area contributed by atoms with Gasteiger partial charge in [0.1, 0.15) is 0 Å². The molecule has 0 aliphatic carbocycles. The second-order valence-electron chi connectivity index (χ2n) is 5.31. The summed E-state index contributed by atoms with van der Waals surface area (Å²) in [6.07, 6.45) is 1.28. The van der Waals surface area contributed by atoms with E-state index in [1.165, 1.54) is 28.7 Å². The molecule has 1 aromatic carbocycles. The van der Waals surface area contributed by atoms with Crippen molar-refractivity contribution >= 4 is 0 Å². The number of rotatable bonds is 3. The normalized spacial score (nSPS) is 21.8. The molecule has 94 valence electrons. The number of hydrogen-bond donors (Lipinski definition) is 2. The van der Waals surface area contributed by atoms with Gasteiger partial charge in [0.25, 0.3) is 0 Å². The van der Waals surface area contributed by atoms with E-state index in [2.05, 4.69) is 50.6 Å². The molecule has 1 fully saturated rings. The molecule has 2 heteroatoms. The van der Waals surface area contributed by atoms with E-state index in [0.717, 1.165) is 19.0 Å². The molecule has 2 unspecified atom stereocenters. The van der Waals surface area contributed by atoms with Crippen LogP contribution in [0.15, 0.2) is 12.1 Å². The van der Waals surface area contributed by atoms with Gasteiger partial charge in [0.2, 0.25) is 0 Å². The summed E-state index contributed by atoms with van der Waals surface area (Å²) in [5.74, 6) is 0.723. The van der Waals surface area contributed by atoms with Gasteiger partial charge < -0.3 is 10.6 Å². The molecule has 0 bridgehead atoms. The van der Waals surface area contributed by atoms with Crippen LogP contribution in [0.4, 0.5) is 0 Å². The zero-order valence-corrected chi connectivity index (χ0v) is 11.4. The summed E-state index contributed by atoms with van der Waals surface area (Å²) < 4.78 is 0. The van der Waals surface area contributed by atoms with Gasteiger partial charge in [0.15, 0.2) is 0 Å². The highest BCUT2D eigenvalue weighted by Gasteiger charge is 2.26. The first-order valence-electron chi connectivity index (χ1n) is 6.59. The molecule has 0 spiro atoms. The molecule has 1 aliphatic rings. The second kappa shape index (κ2) is 5.19. The standard InChI is InChI=1S/C15H24N2/c1-10-7-12(3)14(8-11(10)2)15(16-4)13-5-6-17-9-13/h7-8,13,15-17H,5-6,9H2,1-4H3. The fourth-order valence-corrected chi connectivity index (χ4v) is 2.92. The van der Waals surface area contributed by atoms with Crippen LogP contribution in [0.3, 0.4) is 0 Å². The van der Waals surface area contributed by atoms with Crippen molar-refractivity contribution in [2.45, 2.75) is 33.2 Å². The number of aryl methyl sites for hydroxylation is 3. The first-order valence-corrected chi connectivity index (χ1v) is 6.59. The van der Waals surface area contributed by atoms with Gasteiger partial charge in [-0.2, -0.15) is 0 Å². The topological polar surface area (TPSA) is 24.1 Å². The van der Waals surface area contributed by atoms with Crippen LogP contribution in [0.5, 0.6) is 0 Å². The Morgan fingerprint density at radius 3 is 2.47 bits per heavy atom. The van der Waals surface area contributed by atoms with Crippen molar-refractivity contribution in [2.24, 2.45) is 5.92 Å². The monoisotopic (exact) mass is 232 g/mol. The zero-order valence-electron chi connectivity index (χ0n) is 11.4. The quantitative estimate of drug-likeness (QED) is 0.836. The third-order valence-corrected chi connectivity index (χ3v) is 4.10. The summed E-state index contributed by atoms with van der Waals surface area (Å²) in [5, 5.41) is 6.97. The molecule has 1 saturated heterocycles. The van der Waals surface area contributed by atoms with Crippen molar-refractivity contribution < 1.29 is 0 Å². The molecule has 0 amide bonds.